The van der Waals surface area contributed by atoms with Crippen molar-refractivity contribution in [2.45, 2.75) is 18.4 Å². The largest absolute Gasteiger partial charge is 0.396 e. The summed E-state index contributed by atoms with van der Waals surface area (Å²) in [5.41, 5.74) is 8.37. The zero-order valence-corrected chi connectivity index (χ0v) is 11.8. The molecule has 106 valence electrons. The van der Waals surface area contributed by atoms with Gasteiger partial charge in [-0.25, -0.2) is 13.6 Å². The van der Waals surface area contributed by atoms with E-state index in [-0.39, 0.29) is 10.6 Å². The number of anilines is 2. The Kier molecular flexibility index (Phi) is 3.91. The molecule has 0 saturated carbocycles. The van der Waals surface area contributed by atoms with Crippen molar-refractivity contribution in [2.75, 3.05) is 11.1 Å². The third kappa shape index (κ3) is 3.06. The number of hydrogen-bond donors (Lipinski definition) is 3. The van der Waals surface area contributed by atoms with Gasteiger partial charge in [-0.1, -0.05) is 12.1 Å². The highest BCUT2D eigenvalue weighted by Gasteiger charge is 2.14. The molecule has 1 heterocycles. The van der Waals surface area contributed by atoms with Gasteiger partial charge in [-0.3, -0.25) is 4.98 Å². The minimum Gasteiger partial charge on any atom is -0.396 e. The summed E-state index contributed by atoms with van der Waals surface area (Å²) >= 11 is 0. The van der Waals surface area contributed by atoms with E-state index in [2.05, 4.69) is 10.3 Å². The molecular formula is C13H16N4O2S. The summed E-state index contributed by atoms with van der Waals surface area (Å²) in [4.78, 5) is 4.16. The summed E-state index contributed by atoms with van der Waals surface area (Å²) in [5, 5.41) is 8.19. The van der Waals surface area contributed by atoms with Gasteiger partial charge in [0.05, 0.1) is 23.6 Å². The molecule has 5 N–H and O–H groups in total. The second-order valence-electron chi connectivity index (χ2n) is 4.38. The maximum Gasteiger partial charge on any atom is 0.240 e. The molecule has 6 nitrogen and oxygen atoms in total. The smallest absolute Gasteiger partial charge is 0.240 e. The number of primary sulfonamides is 1. The summed E-state index contributed by atoms with van der Waals surface area (Å²) in [6, 6.07) is 8.47. The van der Waals surface area contributed by atoms with Crippen LogP contribution in [0.5, 0.6) is 0 Å². The highest BCUT2D eigenvalue weighted by atomic mass is 32.2. The number of pyridine rings is 1. The van der Waals surface area contributed by atoms with Gasteiger partial charge in [-0.05, 0) is 30.7 Å². The molecule has 1 aromatic carbocycles. The first-order chi connectivity index (χ1) is 9.39. The van der Waals surface area contributed by atoms with Crippen molar-refractivity contribution in [3.05, 3.63) is 47.8 Å². The van der Waals surface area contributed by atoms with Crippen molar-refractivity contribution in [3.63, 3.8) is 0 Å². The van der Waals surface area contributed by atoms with E-state index in [0.717, 1.165) is 11.3 Å². The highest BCUT2D eigenvalue weighted by Crippen LogP contribution is 2.26. The van der Waals surface area contributed by atoms with Crippen LogP contribution in [0.15, 0.2) is 41.4 Å². The van der Waals surface area contributed by atoms with E-state index in [4.69, 9.17) is 10.9 Å². The van der Waals surface area contributed by atoms with Crippen LogP contribution in [0.25, 0.3) is 0 Å². The molecule has 0 unspecified atom stereocenters. The Balaban J connectivity index is 2.25. The first kappa shape index (κ1) is 14.3. The van der Waals surface area contributed by atoms with E-state index < -0.39 is 10.0 Å². The Morgan fingerprint density at radius 1 is 1.25 bits per heavy atom. The summed E-state index contributed by atoms with van der Waals surface area (Å²) in [6.07, 6.45) is 1.70. The maximum atomic E-state index is 11.4. The number of nitrogens with one attached hydrogen (secondary N) is 1. The second kappa shape index (κ2) is 5.48. The zero-order valence-electron chi connectivity index (χ0n) is 11.0. The van der Waals surface area contributed by atoms with Crippen LogP contribution in [0.3, 0.4) is 0 Å². The Labute approximate surface area is 117 Å². The van der Waals surface area contributed by atoms with E-state index in [1.54, 1.807) is 18.3 Å². The van der Waals surface area contributed by atoms with Crippen molar-refractivity contribution in [3.8, 4) is 0 Å². The van der Waals surface area contributed by atoms with Crippen LogP contribution in [-0.4, -0.2) is 13.4 Å². The minimum atomic E-state index is -3.83. The van der Waals surface area contributed by atoms with Gasteiger partial charge in [0.1, 0.15) is 4.90 Å². The van der Waals surface area contributed by atoms with Crippen LogP contribution in [0.1, 0.15) is 11.3 Å². The minimum absolute atomic E-state index is 0.0831. The molecule has 0 spiro atoms. The third-order valence-electron chi connectivity index (χ3n) is 2.94. The molecule has 0 radical (unpaired) electrons. The Morgan fingerprint density at radius 2 is 2.00 bits per heavy atom. The summed E-state index contributed by atoms with van der Waals surface area (Å²) in [5.74, 6) is 0. The third-order valence-corrected chi connectivity index (χ3v) is 3.91. The van der Waals surface area contributed by atoms with E-state index in [0.29, 0.717) is 12.2 Å². The molecular weight excluding hydrogens is 276 g/mol. The molecule has 0 bridgehead atoms. The molecule has 0 amide bonds. The molecule has 0 aliphatic heterocycles. The number of nitrogens with two attached hydrogens (primary N) is 2. The molecule has 20 heavy (non-hydrogen) atoms. The van der Waals surface area contributed by atoms with Crippen LogP contribution >= 0.6 is 0 Å². The number of nitrogen functional groups attached to an aromatic ring is 1. The van der Waals surface area contributed by atoms with Crippen LogP contribution in [0.4, 0.5) is 11.4 Å². The predicted octanol–water partition coefficient (Wildman–Crippen LogP) is 1.23. The van der Waals surface area contributed by atoms with Crippen LogP contribution in [-0.2, 0) is 16.6 Å². The molecule has 0 saturated heterocycles. The standard InChI is InChI=1S/C13H16N4O2S/c1-9-4-3-7-16-11(9)8-17-10-5-2-6-12(13(10)14)20(15,18)19/h2-7,17H,8,14H2,1H3,(H2,15,18,19). The van der Waals surface area contributed by atoms with Gasteiger partial charge in [0, 0.05) is 6.20 Å². The van der Waals surface area contributed by atoms with Crippen molar-refractivity contribution in [2.24, 2.45) is 5.14 Å². The fraction of sp³-hybridized carbons (Fsp3) is 0.154. The van der Waals surface area contributed by atoms with Gasteiger partial charge in [0.25, 0.3) is 0 Å². The number of benzene rings is 1. The quantitative estimate of drug-likeness (QED) is 0.734. The van der Waals surface area contributed by atoms with Gasteiger partial charge >= 0.3 is 0 Å². The highest BCUT2D eigenvalue weighted by molar-refractivity contribution is 7.89. The second-order valence-corrected chi connectivity index (χ2v) is 5.91. The number of hydrogen-bond acceptors (Lipinski definition) is 5. The van der Waals surface area contributed by atoms with Gasteiger partial charge in [0.2, 0.25) is 10.0 Å². The van der Waals surface area contributed by atoms with E-state index >= 15 is 0 Å². The van der Waals surface area contributed by atoms with Gasteiger partial charge in [0.15, 0.2) is 0 Å². The number of para-hydroxylation sites is 1. The topological polar surface area (TPSA) is 111 Å². The predicted molar refractivity (Wildman–Crippen MR) is 78.5 cm³/mol. The van der Waals surface area contributed by atoms with Gasteiger partial charge < -0.3 is 11.1 Å². The van der Waals surface area contributed by atoms with Crippen LogP contribution < -0.4 is 16.2 Å². The van der Waals surface area contributed by atoms with Crippen molar-refractivity contribution in [1.82, 2.24) is 4.98 Å². The van der Waals surface area contributed by atoms with E-state index in [1.165, 1.54) is 6.07 Å². The average Bonchev–Trinajstić information content (AvgIpc) is 2.38. The SMILES string of the molecule is Cc1cccnc1CNc1cccc(S(N)(=O)=O)c1N. The number of aryl methyl sites for hydroxylation is 1. The Hall–Kier alpha value is -2.12. The molecule has 0 fully saturated rings. The van der Waals surface area contributed by atoms with Crippen LogP contribution in [0, 0.1) is 6.92 Å². The lowest BCUT2D eigenvalue weighted by Gasteiger charge is -2.12. The van der Waals surface area contributed by atoms with Crippen molar-refractivity contribution in [1.29, 1.82) is 0 Å². The zero-order chi connectivity index (χ0) is 14.8. The Bertz CT molecular complexity index is 729. The lowest BCUT2D eigenvalue weighted by atomic mass is 10.2. The van der Waals surface area contributed by atoms with E-state index in [9.17, 15) is 8.42 Å². The number of aromatic nitrogens is 1. The fourth-order valence-corrected chi connectivity index (χ4v) is 2.51. The first-order valence-electron chi connectivity index (χ1n) is 5.95. The van der Waals surface area contributed by atoms with Gasteiger partial charge in [-0.2, -0.15) is 0 Å². The molecule has 0 aliphatic carbocycles. The normalized spacial score (nSPS) is 11.3. The number of sulfonamides is 1. The summed E-state index contributed by atoms with van der Waals surface area (Å²) in [6.45, 7) is 2.40. The number of rotatable bonds is 4. The first-order valence-corrected chi connectivity index (χ1v) is 7.50. The summed E-state index contributed by atoms with van der Waals surface area (Å²) in [7, 11) is -3.83. The molecule has 7 heteroatoms. The van der Waals surface area contributed by atoms with Crippen molar-refractivity contribution < 1.29 is 8.42 Å². The number of nitrogens with zero attached hydrogens (tertiary/aromatic N) is 1. The summed E-state index contributed by atoms with van der Waals surface area (Å²) < 4.78 is 22.8. The lowest BCUT2D eigenvalue weighted by Crippen LogP contribution is -2.15. The Morgan fingerprint density at radius 3 is 2.65 bits per heavy atom. The molecule has 1 aromatic heterocycles. The molecule has 0 aliphatic rings. The van der Waals surface area contributed by atoms with Gasteiger partial charge in [-0.15, -0.1) is 0 Å². The average molecular weight is 292 g/mol. The fourth-order valence-electron chi connectivity index (χ4n) is 1.83. The van der Waals surface area contributed by atoms with Crippen molar-refractivity contribution >= 4 is 21.4 Å². The molecule has 0 atom stereocenters. The van der Waals surface area contributed by atoms with E-state index in [1.807, 2.05) is 19.1 Å². The molecule has 2 rings (SSSR count). The maximum absolute atomic E-state index is 11.4. The molecule has 2 aromatic rings. The van der Waals surface area contributed by atoms with Crippen LogP contribution in [0.2, 0.25) is 0 Å². The monoisotopic (exact) mass is 292 g/mol. The lowest BCUT2D eigenvalue weighted by molar-refractivity contribution is 0.598.